The lowest BCUT2D eigenvalue weighted by Crippen LogP contribution is -2.18. The Balaban J connectivity index is 1.86. The number of hydrogen-bond donors (Lipinski definition) is 1. The van der Waals surface area contributed by atoms with E-state index in [1.165, 1.54) is 32.1 Å². The molecule has 0 aromatic carbocycles. The molecule has 1 amide bonds. The molecule has 1 aliphatic carbocycles. The van der Waals surface area contributed by atoms with E-state index < -0.39 is 0 Å². The average Bonchev–Trinajstić information content (AvgIpc) is 2.33. The molecule has 2 rings (SSSR count). The van der Waals surface area contributed by atoms with Crippen LogP contribution in [0, 0.1) is 12.8 Å². The van der Waals surface area contributed by atoms with Gasteiger partial charge in [-0.2, -0.15) is 0 Å². The highest BCUT2D eigenvalue weighted by atomic mass is 16.1. The molecule has 17 heavy (non-hydrogen) atoms. The smallest absolute Gasteiger partial charge is 0.224 e. The maximum absolute atomic E-state index is 11.9. The van der Waals surface area contributed by atoms with Gasteiger partial charge in [0, 0.05) is 12.6 Å². The van der Waals surface area contributed by atoms with Crippen molar-refractivity contribution in [3.63, 3.8) is 0 Å². The van der Waals surface area contributed by atoms with Crippen LogP contribution >= 0.6 is 0 Å². The summed E-state index contributed by atoms with van der Waals surface area (Å²) in [5, 5.41) is 2.96. The van der Waals surface area contributed by atoms with Gasteiger partial charge in [-0.05, 0) is 37.3 Å². The van der Waals surface area contributed by atoms with Crippen LogP contribution in [0.5, 0.6) is 0 Å². The van der Waals surface area contributed by atoms with Crippen molar-refractivity contribution in [2.75, 3.05) is 5.32 Å². The van der Waals surface area contributed by atoms with Crippen LogP contribution in [0.25, 0.3) is 0 Å². The molecule has 0 bridgehead atoms. The highest BCUT2D eigenvalue weighted by molar-refractivity contribution is 5.91. The van der Waals surface area contributed by atoms with Crippen LogP contribution in [0.1, 0.15) is 44.1 Å². The number of carbonyl (C=O) groups is 1. The van der Waals surface area contributed by atoms with Gasteiger partial charge < -0.3 is 5.32 Å². The third-order valence-corrected chi connectivity index (χ3v) is 3.51. The first-order chi connectivity index (χ1) is 8.25. The summed E-state index contributed by atoms with van der Waals surface area (Å²) in [7, 11) is 0. The van der Waals surface area contributed by atoms with Crippen molar-refractivity contribution in [2.45, 2.75) is 45.4 Å². The third-order valence-electron chi connectivity index (χ3n) is 3.51. The molecular weight excluding hydrogens is 212 g/mol. The number of nitrogens with one attached hydrogen (secondary N) is 1. The predicted molar refractivity (Wildman–Crippen MR) is 68.8 cm³/mol. The van der Waals surface area contributed by atoms with E-state index in [0.717, 1.165) is 11.3 Å². The fourth-order valence-corrected chi connectivity index (χ4v) is 2.45. The van der Waals surface area contributed by atoms with Gasteiger partial charge in [0.2, 0.25) is 5.91 Å². The van der Waals surface area contributed by atoms with Gasteiger partial charge in [0.15, 0.2) is 0 Å². The van der Waals surface area contributed by atoms with Crippen LogP contribution in [0.2, 0.25) is 0 Å². The highest BCUT2D eigenvalue weighted by Gasteiger charge is 2.17. The van der Waals surface area contributed by atoms with Crippen LogP contribution in [0.3, 0.4) is 0 Å². The minimum absolute atomic E-state index is 0.132. The fraction of sp³-hybridized carbons (Fsp3) is 0.571. The number of aryl methyl sites for hydroxylation is 1. The third kappa shape index (κ3) is 3.55. The van der Waals surface area contributed by atoms with E-state index in [4.69, 9.17) is 0 Å². The monoisotopic (exact) mass is 232 g/mol. The Morgan fingerprint density at radius 1 is 1.41 bits per heavy atom. The van der Waals surface area contributed by atoms with Gasteiger partial charge in [-0.1, -0.05) is 19.3 Å². The quantitative estimate of drug-likeness (QED) is 0.868. The Bertz CT molecular complexity index is 384. The number of carbonyl (C=O) groups excluding carboxylic acids is 1. The molecular formula is C14H20N2O. The minimum atomic E-state index is 0.132. The van der Waals surface area contributed by atoms with Gasteiger partial charge in [-0.15, -0.1) is 0 Å². The standard InChI is InChI=1S/C14H20N2O/c1-11-7-8-15-10-13(11)16-14(17)9-12-5-3-2-4-6-12/h7-8,10,12H,2-6,9H2,1H3,(H,16,17). The Morgan fingerprint density at radius 2 is 2.18 bits per heavy atom. The second kappa shape index (κ2) is 5.80. The lowest BCUT2D eigenvalue weighted by molar-refractivity contribution is -0.117. The van der Waals surface area contributed by atoms with E-state index in [-0.39, 0.29) is 5.91 Å². The van der Waals surface area contributed by atoms with E-state index in [9.17, 15) is 4.79 Å². The molecule has 0 spiro atoms. The highest BCUT2D eigenvalue weighted by Crippen LogP contribution is 2.26. The van der Waals surface area contributed by atoms with Gasteiger partial charge in [0.25, 0.3) is 0 Å². The van der Waals surface area contributed by atoms with Gasteiger partial charge >= 0.3 is 0 Å². The van der Waals surface area contributed by atoms with E-state index in [1.54, 1.807) is 12.4 Å². The molecule has 3 nitrogen and oxygen atoms in total. The van der Waals surface area contributed by atoms with Crippen molar-refractivity contribution < 1.29 is 4.79 Å². The molecule has 0 unspecified atom stereocenters. The second-order valence-electron chi connectivity index (χ2n) is 4.95. The van der Waals surface area contributed by atoms with E-state index in [1.807, 2.05) is 13.0 Å². The Kier molecular flexibility index (Phi) is 4.13. The number of pyridine rings is 1. The normalized spacial score (nSPS) is 16.8. The van der Waals surface area contributed by atoms with Crippen LogP contribution in [0.4, 0.5) is 5.69 Å². The zero-order valence-electron chi connectivity index (χ0n) is 10.4. The minimum Gasteiger partial charge on any atom is -0.325 e. The number of rotatable bonds is 3. The first-order valence-electron chi connectivity index (χ1n) is 6.46. The zero-order valence-corrected chi connectivity index (χ0v) is 10.4. The van der Waals surface area contributed by atoms with Crippen molar-refractivity contribution in [2.24, 2.45) is 5.92 Å². The molecule has 3 heteroatoms. The molecule has 1 aliphatic rings. The fourth-order valence-electron chi connectivity index (χ4n) is 2.45. The molecule has 0 radical (unpaired) electrons. The van der Waals surface area contributed by atoms with Crippen molar-refractivity contribution in [1.82, 2.24) is 4.98 Å². The number of aromatic nitrogens is 1. The van der Waals surface area contributed by atoms with E-state index in [2.05, 4.69) is 10.3 Å². The summed E-state index contributed by atoms with van der Waals surface area (Å²) in [6, 6.07) is 1.91. The molecule has 1 heterocycles. The largest absolute Gasteiger partial charge is 0.325 e. The van der Waals surface area contributed by atoms with E-state index >= 15 is 0 Å². The molecule has 0 aliphatic heterocycles. The lowest BCUT2D eigenvalue weighted by atomic mass is 9.87. The predicted octanol–water partition coefficient (Wildman–Crippen LogP) is 3.30. The van der Waals surface area contributed by atoms with Gasteiger partial charge in [0.1, 0.15) is 0 Å². The molecule has 0 atom stereocenters. The SMILES string of the molecule is Cc1ccncc1NC(=O)CC1CCCCC1. The molecule has 1 aromatic heterocycles. The first-order valence-corrected chi connectivity index (χ1v) is 6.46. The summed E-state index contributed by atoms with van der Waals surface area (Å²) in [6.45, 7) is 1.98. The summed E-state index contributed by atoms with van der Waals surface area (Å²) in [4.78, 5) is 15.9. The number of nitrogens with zero attached hydrogens (tertiary/aromatic N) is 1. The summed E-state index contributed by atoms with van der Waals surface area (Å²) in [5.41, 5.74) is 1.91. The van der Waals surface area contributed by atoms with Gasteiger partial charge in [-0.3, -0.25) is 9.78 Å². The Hall–Kier alpha value is -1.38. The first kappa shape index (κ1) is 12.1. The van der Waals surface area contributed by atoms with Crippen molar-refractivity contribution in [3.8, 4) is 0 Å². The number of amides is 1. The molecule has 1 fully saturated rings. The van der Waals surface area contributed by atoms with Gasteiger partial charge in [-0.25, -0.2) is 0 Å². The molecule has 1 N–H and O–H groups in total. The maximum atomic E-state index is 11.9. The average molecular weight is 232 g/mol. The Morgan fingerprint density at radius 3 is 2.88 bits per heavy atom. The number of anilines is 1. The van der Waals surface area contributed by atoms with Crippen LogP contribution in [-0.4, -0.2) is 10.9 Å². The second-order valence-corrected chi connectivity index (χ2v) is 4.95. The van der Waals surface area contributed by atoms with E-state index in [0.29, 0.717) is 12.3 Å². The zero-order chi connectivity index (χ0) is 12.1. The molecule has 0 saturated heterocycles. The summed E-state index contributed by atoms with van der Waals surface area (Å²) < 4.78 is 0. The molecule has 92 valence electrons. The lowest BCUT2D eigenvalue weighted by Gasteiger charge is -2.20. The maximum Gasteiger partial charge on any atom is 0.224 e. The van der Waals surface area contributed by atoms with Crippen molar-refractivity contribution >= 4 is 11.6 Å². The topological polar surface area (TPSA) is 42.0 Å². The summed E-state index contributed by atoms with van der Waals surface area (Å²) in [6.07, 6.45) is 10.4. The van der Waals surface area contributed by atoms with Crippen molar-refractivity contribution in [1.29, 1.82) is 0 Å². The summed E-state index contributed by atoms with van der Waals surface area (Å²) in [5.74, 6) is 0.716. The van der Waals surface area contributed by atoms with Crippen LogP contribution < -0.4 is 5.32 Å². The van der Waals surface area contributed by atoms with Gasteiger partial charge in [0.05, 0.1) is 11.9 Å². The van der Waals surface area contributed by atoms with Crippen molar-refractivity contribution in [3.05, 3.63) is 24.0 Å². The van der Waals surface area contributed by atoms with Crippen LogP contribution in [0.15, 0.2) is 18.5 Å². The number of hydrogen-bond acceptors (Lipinski definition) is 2. The summed E-state index contributed by atoms with van der Waals surface area (Å²) >= 11 is 0. The molecule has 1 aromatic rings. The molecule has 1 saturated carbocycles. The Labute approximate surface area is 103 Å². The van der Waals surface area contributed by atoms with Crippen LogP contribution in [-0.2, 0) is 4.79 Å².